The summed E-state index contributed by atoms with van der Waals surface area (Å²) in [4.78, 5) is 12.8. The summed E-state index contributed by atoms with van der Waals surface area (Å²) in [6, 6.07) is 3.44. The van der Waals surface area contributed by atoms with Crippen molar-refractivity contribution in [2.45, 2.75) is 0 Å². The second kappa shape index (κ2) is 5.54. The number of likely N-dealkylation sites (N-methyl/N-ethyl adjacent to an activating group) is 1. The largest absolute Gasteiger partial charge is 0.481 e. The van der Waals surface area contributed by atoms with E-state index in [4.69, 9.17) is 10.5 Å². The average Bonchev–Trinajstić information content (AvgIpc) is 2.15. The van der Waals surface area contributed by atoms with E-state index in [1.54, 1.807) is 26.2 Å². The van der Waals surface area contributed by atoms with Crippen LogP contribution in [0.3, 0.4) is 0 Å². The summed E-state index contributed by atoms with van der Waals surface area (Å²) in [5, 5.41) is 0. The van der Waals surface area contributed by atoms with Crippen LogP contribution in [0, 0.1) is 0 Å². The Morgan fingerprint density at radius 3 is 2.31 bits per heavy atom. The Morgan fingerprint density at radius 1 is 1.38 bits per heavy atom. The van der Waals surface area contributed by atoms with Crippen LogP contribution in [0.25, 0.3) is 0 Å². The Hall–Kier alpha value is -0.750. The van der Waals surface area contributed by atoms with Gasteiger partial charge in [0.25, 0.3) is 5.91 Å². The maximum absolute atomic E-state index is 11.4. The predicted octanol–water partition coefficient (Wildman–Crippen LogP) is 2.26. The first kappa shape index (κ1) is 13.3. The van der Waals surface area contributed by atoms with Crippen LogP contribution in [0.1, 0.15) is 0 Å². The van der Waals surface area contributed by atoms with Crippen molar-refractivity contribution in [2.75, 3.05) is 26.4 Å². The zero-order valence-electron chi connectivity index (χ0n) is 8.96. The molecule has 1 aromatic rings. The molecule has 4 nitrogen and oxygen atoms in total. The van der Waals surface area contributed by atoms with E-state index >= 15 is 0 Å². The highest BCUT2D eigenvalue weighted by molar-refractivity contribution is 9.11. The maximum atomic E-state index is 11.4. The minimum absolute atomic E-state index is 0.00584. The van der Waals surface area contributed by atoms with Gasteiger partial charge in [-0.1, -0.05) is 0 Å². The fraction of sp³-hybridized carbons (Fsp3) is 0.300. The Balaban J connectivity index is 2.78. The zero-order chi connectivity index (χ0) is 12.3. The van der Waals surface area contributed by atoms with Crippen molar-refractivity contribution >= 4 is 43.5 Å². The second-order valence-electron chi connectivity index (χ2n) is 3.39. The molecular weight excluding hydrogens is 340 g/mol. The lowest BCUT2D eigenvalue weighted by Gasteiger charge is -2.13. The number of amides is 1. The number of hydrogen-bond acceptors (Lipinski definition) is 3. The molecule has 0 atom stereocenters. The fourth-order valence-electron chi connectivity index (χ4n) is 0.980. The highest BCUT2D eigenvalue weighted by atomic mass is 79.9. The van der Waals surface area contributed by atoms with E-state index in [0.717, 1.165) is 0 Å². The number of carbonyl (C=O) groups excluding carboxylic acids is 1. The smallest absolute Gasteiger partial charge is 0.259 e. The molecule has 0 radical (unpaired) electrons. The van der Waals surface area contributed by atoms with Gasteiger partial charge in [-0.15, -0.1) is 0 Å². The van der Waals surface area contributed by atoms with Crippen LogP contribution < -0.4 is 10.5 Å². The minimum Gasteiger partial charge on any atom is -0.481 e. The van der Waals surface area contributed by atoms with Crippen LogP contribution in [0.4, 0.5) is 5.69 Å². The molecule has 1 rings (SSSR count). The zero-order valence-corrected chi connectivity index (χ0v) is 12.1. The molecule has 88 valence electrons. The van der Waals surface area contributed by atoms with E-state index < -0.39 is 0 Å². The third kappa shape index (κ3) is 3.38. The highest BCUT2D eigenvalue weighted by Gasteiger charge is 2.11. The van der Waals surface area contributed by atoms with Gasteiger partial charge < -0.3 is 15.4 Å². The van der Waals surface area contributed by atoms with Gasteiger partial charge in [-0.2, -0.15) is 0 Å². The number of rotatable bonds is 3. The van der Waals surface area contributed by atoms with Crippen LogP contribution >= 0.6 is 31.9 Å². The molecule has 0 aliphatic rings. The van der Waals surface area contributed by atoms with Gasteiger partial charge in [0.2, 0.25) is 0 Å². The van der Waals surface area contributed by atoms with E-state index in [-0.39, 0.29) is 12.5 Å². The SMILES string of the molecule is CN(C)C(=O)COc1c(Br)cc(N)cc1Br. The Morgan fingerprint density at radius 2 is 1.88 bits per heavy atom. The number of anilines is 1. The third-order valence-electron chi connectivity index (χ3n) is 1.86. The number of nitrogens with zero attached hydrogens (tertiary/aromatic N) is 1. The Labute approximate surface area is 111 Å². The van der Waals surface area contributed by atoms with E-state index in [0.29, 0.717) is 20.4 Å². The van der Waals surface area contributed by atoms with Crippen molar-refractivity contribution in [1.29, 1.82) is 0 Å². The summed E-state index contributed by atoms with van der Waals surface area (Å²) in [5.41, 5.74) is 6.26. The lowest BCUT2D eigenvalue weighted by atomic mass is 10.3. The van der Waals surface area contributed by atoms with Crippen LogP contribution in [0.15, 0.2) is 21.1 Å². The maximum Gasteiger partial charge on any atom is 0.259 e. The van der Waals surface area contributed by atoms with Gasteiger partial charge >= 0.3 is 0 Å². The predicted molar refractivity (Wildman–Crippen MR) is 70.4 cm³/mol. The number of benzene rings is 1. The first-order valence-electron chi connectivity index (χ1n) is 4.49. The van der Waals surface area contributed by atoms with E-state index in [1.807, 2.05) is 0 Å². The van der Waals surface area contributed by atoms with Crippen LogP contribution in [-0.4, -0.2) is 31.5 Å². The van der Waals surface area contributed by atoms with Gasteiger partial charge in [0.05, 0.1) is 8.95 Å². The molecule has 0 aromatic heterocycles. The molecular formula is C10H12Br2N2O2. The van der Waals surface area contributed by atoms with Crippen molar-refractivity contribution in [3.63, 3.8) is 0 Å². The molecule has 0 fully saturated rings. The number of halogens is 2. The first-order valence-corrected chi connectivity index (χ1v) is 6.08. The molecule has 16 heavy (non-hydrogen) atoms. The molecule has 0 aliphatic heterocycles. The van der Waals surface area contributed by atoms with Crippen molar-refractivity contribution in [3.8, 4) is 5.75 Å². The lowest BCUT2D eigenvalue weighted by Crippen LogP contribution is -2.27. The van der Waals surface area contributed by atoms with Gasteiger partial charge in [-0.05, 0) is 44.0 Å². The Bertz CT molecular complexity index is 385. The summed E-state index contributed by atoms with van der Waals surface area (Å²) in [5.74, 6) is 0.472. The van der Waals surface area contributed by atoms with Gasteiger partial charge in [0, 0.05) is 19.8 Å². The van der Waals surface area contributed by atoms with Crippen LogP contribution in [0.2, 0.25) is 0 Å². The molecule has 1 amide bonds. The summed E-state index contributed by atoms with van der Waals surface area (Å²) < 4.78 is 6.83. The standard InChI is InChI=1S/C10H12Br2N2O2/c1-14(2)9(15)5-16-10-7(11)3-6(13)4-8(10)12/h3-4H,5,13H2,1-2H3. The second-order valence-corrected chi connectivity index (χ2v) is 5.10. The molecule has 0 saturated carbocycles. The summed E-state index contributed by atoms with van der Waals surface area (Å²) in [7, 11) is 3.36. The van der Waals surface area contributed by atoms with Crippen LogP contribution in [-0.2, 0) is 4.79 Å². The molecule has 0 saturated heterocycles. The monoisotopic (exact) mass is 350 g/mol. The van der Waals surface area contributed by atoms with E-state index in [9.17, 15) is 4.79 Å². The molecule has 0 unspecified atom stereocenters. The summed E-state index contributed by atoms with van der Waals surface area (Å²) in [6.45, 7) is -0.00584. The summed E-state index contributed by atoms with van der Waals surface area (Å²) in [6.07, 6.45) is 0. The number of carbonyl (C=O) groups is 1. The normalized spacial score (nSPS) is 10.0. The average molecular weight is 352 g/mol. The quantitative estimate of drug-likeness (QED) is 0.850. The van der Waals surface area contributed by atoms with Crippen LogP contribution in [0.5, 0.6) is 5.75 Å². The summed E-state index contributed by atoms with van der Waals surface area (Å²) >= 11 is 6.65. The minimum atomic E-state index is -0.101. The molecule has 2 N–H and O–H groups in total. The van der Waals surface area contributed by atoms with E-state index in [2.05, 4.69) is 31.9 Å². The third-order valence-corrected chi connectivity index (χ3v) is 3.04. The number of hydrogen-bond donors (Lipinski definition) is 1. The van der Waals surface area contributed by atoms with Crippen molar-refractivity contribution in [2.24, 2.45) is 0 Å². The molecule has 6 heteroatoms. The van der Waals surface area contributed by atoms with Crippen molar-refractivity contribution in [3.05, 3.63) is 21.1 Å². The van der Waals surface area contributed by atoms with Gasteiger partial charge in [0.15, 0.2) is 6.61 Å². The molecule has 1 aromatic carbocycles. The van der Waals surface area contributed by atoms with Gasteiger partial charge in [-0.25, -0.2) is 0 Å². The van der Waals surface area contributed by atoms with Gasteiger partial charge in [0.1, 0.15) is 5.75 Å². The fourth-order valence-corrected chi connectivity index (χ4v) is 2.43. The number of nitrogens with two attached hydrogens (primary N) is 1. The Kier molecular flexibility index (Phi) is 4.61. The molecule has 0 spiro atoms. The topological polar surface area (TPSA) is 55.6 Å². The van der Waals surface area contributed by atoms with E-state index in [1.165, 1.54) is 4.90 Å². The molecule has 0 aliphatic carbocycles. The lowest BCUT2D eigenvalue weighted by molar-refractivity contribution is -0.130. The first-order chi connectivity index (χ1) is 7.41. The number of nitrogen functional groups attached to an aromatic ring is 1. The highest BCUT2D eigenvalue weighted by Crippen LogP contribution is 2.35. The molecule has 0 heterocycles. The van der Waals surface area contributed by atoms with Crippen molar-refractivity contribution < 1.29 is 9.53 Å². The number of ether oxygens (including phenoxy) is 1. The van der Waals surface area contributed by atoms with Gasteiger partial charge in [-0.3, -0.25) is 4.79 Å². The molecule has 0 bridgehead atoms. The van der Waals surface area contributed by atoms with Crippen molar-refractivity contribution in [1.82, 2.24) is 4.90 Å².